The minimum absolute atomic E-state index is 0.00211. The summed E-state index contributed by atoms with van der Waals surface area (Å²) in [6, 6.07) is 6.56. The van der Waals surface area contributed by atoms with Gasteiger partial charge < -0.3 is 10.1 Å². The van der Waals surface area contributed by atoms with Crippen molar-refractivity contribution in [2.75, 3.05) is 11.9 Å². The minimum Gasteiger partial charge on any atom is -0.461 e. The van der Waals surface area contributed by atoms with E-state index in [9.17, 15) is 14.4 Å². The fourth-order valence-electron chi connectivity index (χ4n) is 2.53. The Labute approximate surface area is 169 Å². The van der Waals surface area contributed by atoms with Crippen LogP contribution in [0.25, 0.3) is 16.5 Å². The van der Waals surface area contributed by atoms with Crippen LogP contribution in [0.4, 0.5) is 5.00 Å². The molecule has 0 bridgehead atoms. The van der Waals surface area contributed by atoms with Gasteiger partial charge in [0.1, 0.15) is 5.00 Å². The smallest absolute Gasteiger partial charge is 0.359 e. The maximum Gasteiger partial charge on any atom is 0.359 e. The van der Waals surface area contributed by atoms with Crippen LogP contribution in [0.2, 0.25) is 5.02 Å². The van der Waals surface area contributed by atoms with Gasteiger partial charge in [0.25, 0.3) is 5.56 Å². The van der Waals surface area contributed by atoms with Gasteiger partial charge in [-0.3, -0.25) is 9.59 Å². The average molecular weight is 420 g/mol. The van der Waals surface area contributed by atoms with Gasteiger partial charge in [-0.05, 0) is 25.1 Å². The highest BCUT2D eigenvalue weighted by molar-refractivity contribution is 7.16. The highest BCUT2D eigenvalue weighted by atomic mass is 35.5. The number of anilines is 1. The van der Waals surface area contributed by atoms with Crippen LogP contribution in [-0.2, 0) is 9.53 Å². The molecular weight excluding hydrogens is 402 g/mol. The van der Waals surface area contributed by atoms with Gasteiger partial charge in [-0.1, -0.05) is 31.5 Å². The van der Waals surface area contributed by atoms with Crippen molar-refractivity contribution < 1.29 is 14.3 Å². The van der Waals surface area contributed by atoms with Crippen molar-refractivity contribution in [2.45, 2.75) is 20.8 Å². The molecule has 2 aromatic heterocycles. The lowest BCUT2D eigenvalue weighted by molar-refractivity contribution is -0.118. The van der Waals surface area contributed by atoms with Crippen molar-refractivity contribution in [2.24, 2.45) is 5.92 Å². The number of benzene rings is 1. The Hall–Kier alpha value is -2.71. The summed E-state index contributed by atoms with van der Waals surface area (Å²) in [7, 11) is 0. The summed E-state index contributed by atoms with van der Waals surface area (Å²) >= 11 is 7.20. The molecule has 0 aliphatic heterocycles. The first-order valence-electron chi connectivity index (χ1n) is 8.62. The summed E-state index contributed by atoms with van der Waals surface area (Å²) in [5.41, 5.74) is -0.0689. The molecule has 146 valence electrons. The molecule has 3 aromatic rings. The zero-order chi connectivity index (χ0) is 20.4. The van der Waals surface area contributed by atoms with Crippen molar-refractivity contribution in [1.29, 1.82) is 0 Å². The molecule has 0 atom stereocenters. The first-order chi connectivity index (χ1) is 13.3. The van der Waals surface area contributed by atoms with Crippen molar-refractivity contribution in [3.8, 4) is 5.69 Å². The number of ether oxygens (including phenoxy) is 1. The molecule has 0 spiro atoms. The molecule has 0 radical (unpaired) electrons. The van der Waals surface area contributed by atoms with Gasteiger partial charge >= 0.3 is 5.97 Å². The number of halogens is 1. The number of fused-ring (bicyclic) bond motifs is 1. The number of nitrogens with zero attached hydrogens (tertiary/aromatic N) is 2. The predicted octanol–water partition coefficient (Wildman–Crippen LogP) is 3.87. The number of carbonyl (C=O) groups is 2. The molecule has 9 heteroatoms. The van der Waals surface area contributed by atoms with Crippen LogP contribution in [0, 0.1) is 5.92 Å². The van der Waals surface area contributed by atoms with E-state index in [-0.39, 0.29) is 29.5 Å². The van der Waals surface area contributed by atoms with E-state index < -0.39 is 11.5 Å². The van der Waals surface area contributed by atoms with E-state index in [2.05, 4.69) is 10.4 Å². The van der Waals surface area contributed by atoms with Gasteiger partial charge in [-0.2, -0.15) is 9.78 Å². The number of esters is 1. The van der Waals surface area contributed by atoms with Crippen LogP contribution in [-0.4, -0.2) is 28.3 Å². The maximum absolute atomic E-state index is 13.2. The van der Waals surface area contributed by atoms with Crippen molar-refractivity contribution in [1.82, 2.24) is 9.78 Å². The van der Waals surface area contributed by atoms with Crippen molar-refractivity contribution >= 4 is 50.6 Å². The largest absolute Gasteiger partial charge is 0.461 e. The number of thiophene rings is 1. The van der Waals surface area contributed by atoms with Gasteiger partial charge in [0.2, 0.25) is 5.91 Å². The normalized spacial score (nSPS) is 11.0. The molecule has 7 nitrogen and oxygen atoms in total. The molecule has 0 saturated heterocycles. The highest BCUT2D eigenvalue weighted by Gasteiger charge is 2.23. The van der Waals surface area contributed by atoms with Gasteiger partial charge in [0, 0.05) is 21.7 Å². The van der Waals surface area contributed by atoms with Crippen LogP contribution >= 0.6 is 22.9 Å². The Morgan fingerprint density at radius 2 is 2.11 bits per heavy atom. The number of hydrogen-bond acceptors (Lipinski definition) is 6. The molecule has 1 aromatic carbocycles. The van der Waals surface area contributed by atoms with E-state index >= 15 is 0 Å². The zero-order valence-electron chi connectivity index (χ0n) is 15.5. The van der Waals surface area contributed by atoms with Gasteiger partial charge in [-0.25, -0.2) is 4.79 Å². The monoisotopic (exact) mass is 419 g/mol. The van der Waals surface area contributed by atoms with Crippen molar-refractivity contribution in [3.63, 3.8) is 0 Å². The maximum atomic E-state index is 13.2. The third kappa shape index (κ3) is 3.79. The van der Waals surface area contributed by atoms with Gasteiger partial charge in [0.15, 0.2) is 5.69 Å². The molecule has 0 saturated carbocycles. The summed E-state index contributed by atoms with van der Waals surface area (Å²) in [5, 5.41) is 9.92. The minimum atomic E-state index is -0.650. The summed E-state index contributed by atoms with van der Waals surface area (Å²) in [6.45, 7) is 5.35. The topological polar surface area (TPSA) is 90.3 Å². The first-order valence-corrected chi connectivity index (χ1v) is 9.87. The molecule has 3 rings (SSSR count). The molecule has 28 heavy (non-hydrogen) atoms. The summed E-state index contributed by atoms with van der Waals surface area (Å²) in [6.07, 6.45) is 0. The van der Waals surface area contributed by atoms with E-state index in [0.717, 1.165) is 16.0 Å². The lowest BCUT2D eigenvalue weighted by Gasteiger charge is -2.10. The third-order valence-corrected chi connectivity index (χ3v) is 5.07. The molecule has 0 aliphatic rings. The summed E-state index contributed by atoms with van der Waals surface area (Å²) in [5.74, 6) is -1.14. The lowest BCUT2D eigenvalue weighted by Crippen LogP contribution is -2.26. The first kappa shape index (κ1) is 20.0. The van der Waals surface area contributed by atoms with Crippen molar-refractivity contribution in [3.05, 3.63) is 50.7 Å². The number of amides is 1. The number of carbonyl (C=O) groups excluding carboxylic acids is 2. The van der Waals surface area contributed by atoms with Crippen LogP contribution in [0.5, 0.6) is 0 Å². The molecular formula is C19H18ClN3O4S. The Balaban J connectivity index is 2.29. The molecule has 0 fully saturated rings. The number of hydrogen-bond donors (Lipinski definition) is 1. The van der Waals surface area contributed by atoms with Crippen LogP contribution in [0.1, 0.15) is 31.3 Å². The van der Waals surface area contributed by atoms with Crippen LogP contribution in [0.3, 0.4) is 0 Å². The van der Waals surface area contributed by atoms with E-state index in [0.29, 0.717) is 21.1 Å². The molecule has 2 heterocycles. The molecule has 0 aliphatic carbocycles. The predicted molar refractivity (Wildman–Crippen MR) is 110 cm³/mol. The van der Waals surface area contributed by atoms with E-state index in [1.165, 1.54) is 0 Å². The van der Waals surface area contributed by atoms with E-state index in [1.807, 2.05) is 0 Å². The second-order valence-electron chi connectivity index (χ2n) is 6.26. The fraction of sp³-hybridized carbons (Fsp3) is 0.263. The third-order valence-electron chi connectivity index (χ3n) is 3.94. The number of aromatic nitrogens is 2. The summed E-state index contributed by atoms with van der Waals surface area (Å²) < 4.78 is 6.19. The van der Waals surface area contributed by atoms with Gasteiger partial charge in [0.05, 0.1) is 17.7 Å². The fourth-order valence-corrected chi connectivity index (χ4v) is 3.66. The number of rotatable bonds is 5. The average Bonchev–Trinajstić information content (AvgIpc) is 3.06. The molecule has 0 unspecified atom stereocenters. The molecule has 1 N–H and O–H groups in total. The van der Waals surface area contributed by atoms with Crippen LogP contribution in [0.15, 0.2) is 34.4 Å². The SMILES string of the molecule is CCOC(=O)c1nn(-c2cccc(Cl)c2)c(=O)c2c(NC(=O)C(C)C)scc12. The zero-order valence-corrected chi connectivity index (χ0v) is 17.1. The second-order valence-corrected chi connectivity index (χ2v) is 7.58. The second kappa shape index (κ2) is 8.12. The standard InChI is InChI=1S/C19H18ClN3O4S/c1-4-27-19(26)15-13-9-28-17(21-16(24)10(2)3)14(13)18(25)23(22-15)12-7-5-6-11(20)8-12/h5-10H,4H2,1-3H3,(H,21,24). The van der Waals surface area contributed by atoms with Crippen LogP contribution < -0.4 is 10.9 Å². The molecule has 1 amide bonds. The highest BCUT2D eigenvalue weighted by Crippen LogP contribution is 2.31. The summed E-state index contributed by atoms with van der Waals surface area (Å²) in [4.78, 5) is 37.8. The quantitative estimate of drug-likeness (QED) is 0.634. The number of nitrogens with one attached hydrogen (secondary N) is 1. The van der Waals surface area contributed by atoms with E-state index in [1.54, 1.807) is 50.4 Å². The van der Waals surface area contributed by atoms with Gasteiger partial charge in [-0.15, -0.1) is 11.3 Å². The van der Waals surface area contributed by atoms with E-state index in [4.69, 9.17) is 16.3 Å². The Morgan fingerprint density at radius 1 is 1.36 bits per heavy atom. The Morgan fingerprint density at radius 3 is 2.75 bits per heavy atom. The Bertz CT molecular complexity index is 1120. The Kier molecular flexibility index (Phi) is 5.81. The lowest BCUT2D eigenvalue weighted by atomic mass is 10.2.